The monoisotopic (exact) mass is 301 g/mol. The maximum atomic E-state index is 12.1. The van der Waals surface area contributed by atoms with Crippen molar-refractivity contribution in [2.75, 3.05) is 7.11 Å². The molecule has 0 radical (unpaired) electrons. The number of sulfonamides is 1. The highest BCUT2D eigenvalue weighted by Gasteiger charge is 2.19. The summed E-state index contributed by atoms with van der Waals surface area (Å²) in [6.45, 7) is 3.25. The number of hydrogen-bond acceptors (Lipinski definition) is 5. The first-order valence-corrected chi connectivity index (χ1v) is 7.63. The van der Waals surface area contributed by atoms with Crippen molar-refractivity contribution in [3.8, 4) is 0 Å². The molecule has 0 spiro atoms. The Kier molecular flexibility index (Phi) is 5.67. The van der Waals surface area contributed by atoms with Gasteiger partial charge in [0.15, 0.2) is 0 Å². The van der Waals surface area contributed by atoms with Crippen molar-refractivity contribution >= 4 is 16.0 Å². The van der Waals surface area contributed by atoms with Crippen LogP contribution in [-0.4, -0.2) is 38.7 Å². The van der Waals surface area contributed by atoms with Crippen LogP contribution in [0.4, 0.5) is 0 Å². The van der Waals surface area contributed by atoms with E-state index in [9.17, 15) is 18.3 Å². The molecule has 0 aromatic heterocycles. The van der Waals surface area contributed by atoms with Crippen LogP contribution in [0.3, 0.4) is 0 Å². The van der Waals surface area contributed by atoms with Crippen molar-refractivity contribution in [3.63, 3.8) is 0 Å². The van der Waals surface area contributed by atoms with Gasteiger partial charge in [-0.05, 0) is 38.5 Å². The standard InChI is InChI=1S/C13H19NO5S/c1-9(7-10(2)15)14-20(17,18)12-6-4-5-11(8-12)13(16)19-3/h4-6,8-10,14-15H,7H2,1-3H3. The van der Waals surface area contributed by atoms with Crippen molar-refractivity contribution in [1.82, 2.24) is 4.72 Å². The van der Waals surface area contributed by atoms with Gasteiger partial charge in [0.05, 0.1) is 23.7 Å². The second-order valence-electron chi connectivity index (χ2n) is 4.63. The van der Waals surface area contributed by atoms with E-state index in [1.807, 2.05) is 0 Å². The lowest BCUT2D eigenvalue weighted by Crippen LogP contribution is -2.34. The molecule has 1 aromatic carbocycles. The fraction of sp³-hybridized carbons (Fsp3) is 0.462. The van der Waals surface area contributed by atoms with Gasteiger partial charge in [0.1, 0.15) is 0 Å². The van der Waals surface area contributed by atoms with Gasteiger partial charge in [-0.15, -0.1) is 0 Å². The van der Waals surface area contributed by atoms with Gasteiger partial charge in [-0.2, -0.15) is 0 Å². The lowest BCUT2D eigenvalue weighted by Gasteiger charge is -2.15. The van der Waals surface area contributed by atoms with Gasteiger partial charge in [-0.25, -0.2) is 17.9 Å². The van der Waals surface area contributed by atoms with E-state index in [0.29, 0.717) is 6.42 Å². The van der Waals surface area contributed by atoms with Crippen LogP contribution in [-0.2, 0) is 14.8 Å². The van der Waals surface area contributed by atoms with E-state index in [-0.39, 0.29) is 10.5 Å². The number of ether oxygens (including phenoxy) is 1. The molecule has 0 aliphatic heterocycles. The smallest absolute Gasteiger partial charge is 0.337 e. The topological polar surface area (TPSA) is 92.7 Å². The summed E-state index contributed by atoms with van der Waals surface area (Å²) in [5, 5.41) is 9.24. The Labute approximate surface area is 118 Å². The maximum Gasteiger partial charge on any atom is 0.337 e. The normalized spacial score (nSPS) is 14.6. The van der Waals surface area contributed by atoms with Crippen LogP contribution >= 0.6 is 0 Å². The summed E-state index contributed by atoms with van der Waals surface area (Å²) in [7, 11) is -2.51. The van der Waals surface area contributed by atoms with E-state index < -0.39 is 28.1 Å². The zero-order valence-electron chi connectivity index (χ0n) is 11.7. The number of rotatable bonds is 6. The molecule has 1 aromatic rings. The Morgan fingerprint density at radius 3 is 2.60 bits per heavy atom. The predicted octanol–water partition coefficient (Wildman–Crippen LogP) is 0.911. The highest BCUT2D eigenvalue weighted by Crippen LogP contribution is 2.13. The summed E-state index contributed by atoms with van der Waals surface area (Å²) in [6, 6.07) is 5.18. The molecule has 6 nitrogen and oxygen atoms in total. The first-order chi connectivity index (χ1) is 9.26. The van der Waals surface area contributed by atoms with Crippen LogP contribution in [0.1, 0.15) is 30.6 Å². The molecule has 112 valence electrons. The largest absolute Gasteiger partial charge is 0.465 e. The number of esters is 1. The van der Waals surface area contributed by atoms with Crippen molar-refractivity contribution in [2.24, 2.45) is 0 Å². The second-order valence-corrected chi connectivity index (χ2v) is 6.34. The van der Waals surface area contributed by atoms with Crippen molar-refractivity contribution in [1.29, 1.82) is 0 Å². The average molecular weight is 301 g/mol. The molecule has 20 heavy (non-hydrogen) atoms. The van der Waals surface area contributed by atoms with E-state index in [1.165, 1.54) is 31.4 Å². The quantitative estimate of drug-likeness (QED) is 0.762. The number of benzene rings is 1. The fourth-order valence-corrected chi connectivity index (χ4v) is 3.10. The Balaban J connectivity index is 2.95. The van der Waals surface area contributed by atoms with Gasteiger partial charge in [-0.3, -0.25) is 0 Å². The number of carbonyl (C=O) groups excluding carboxylic acids is 1. The van der Waals surface area contributed by atoms with E-state index >= 15 is 0 Å². The van der Waals surface area contributed by atoms with Crippen LogP contribution < -0.4 is 4.72 Å². The summed E-state index contributed by atoms with van der Waals surface area (Å²) < 4.78 is 31.3. The zero-order valence-corrected chi connectivity index (χ0v) is 12.5. The molecular formula is C13H19NO5S. The minimum Gasteiger partial charge on any atom is -0.465 e. The summed E-state index contributed by atoms with van der Waals surface area (Å²) in [5.41, 5.74) is 0.165. The number of aliphatic hydroxyl groups excluding tert-OH is 1. The Morgan fingerprint density at radius 2 is 2.05 bits per heavy atom. The number of nitrogens with one attached hydrogen (secondary N) is 1. The summed E-state index contributed by atoms with van der Waals surface area (Å²) in [5.74, 6) is -0.598. The minimum absolute atomic E-state index is 0.0159. The maximum absolute atomic E-state index is 12.1. The molecule has 0 heterocycles. The number of methoxy groups -OCH3 is 1. The molecule has 1 rings (SSSR count). The van der Waals surface area contributed by atoms with Crippen LogP contribution in [0.15, 0.2) is 29.2 Å². The molecular weight excluding hydrogens is 282 g/mol. The van der Waals surface area contributed by atoms with Gasteiger partial charge >= 0.3 is 5.97 Å². The van der Waals surface area contributed by atoms with Gasteiger partial charge in [0.25, 0.3) is 0 Å². The SMILES string of the molecule is COC(=O)c1cccc(S(=O)(=O)NC(C)CC(C)O)c1. The van der Waals surface area contributed by atoms with E-state index in [1.54, 1.807) is 13.8 Å². The molecule has 0 aliphatic rings. The molecule has 2 atom stereocenters. The number of carbonyl (C=O) groups is 1. The van der Waals surface area contributed by atoms with Gasteiger partial charge in [-0.1, -0.05) is 6.07 Å². The number of hydrogen-bond donors (Lipinski definition) is 2. The second kappa shape index (κ2) is 6.83. The van der Waals surface area contributed by atoms with Crippen LogP contribution in [0.5, 0.6) is 0 Å². The van der Waals surface area contributed by atoms with E-state index in [2.05, 4.69) is 9.46 Å². The first kappa shape index (κ1) is 16.6. The van der Waals surface area contributed by atoms with Gasteiger partial charge < -0.3 is 9.84 Å². The van der Waals surface area contributed by atoms with Crippen LogP contribution in [0, 0.1) is 0 Å². The lowest BCUT2D eigenvalue weighted by atomic mass is 10.2. The van der Waals surface area contributed by atoms with Crippen molar-refractivity contribution < 1.29 is 23.1 Å². The van der Waals surface area contributed by atoms with Crippen LogP contribution in [0.2, 0.25) is 0 Å². The average Bonchev–Trinajstić information content (AvgIpc) is 2.36. The van der Waals surface area contributed by atoms with Crippen molar-refractivity contribution in [3.05, 3.63) is 29.8 Å². The molecule has 0 bridgehead atoms. The van der Waals surface area contributed by atoms with Gasteiger partial charge in [0.2, 0.25) is 10.0 Å². The third-order valence-electron chi connectivity index (χ3n) is 2.62. The van der Waals surface area contributed by atoms with Crippen LogP contribution in [0.25, 0.3) is 0 Å². The Bertz CT molecular complexity index is 568. The highest BCUT2D eigenvalue weighted by atomic mass is 32.2. The molecule has 0 fully saturated rings. The summed E-state index contributed by atoms with van der Waals surface area (Å²) >= 11 is 0. The molecule has 2 unspecified atom stereocenters. The molecule has 0 saturated heterocycles. The Hall–Kier alpha value is -1.44. The lowest BCUT2D eigenvalue weighted by molar-refractivity contribution is 0.0600. The third kappa shape index (κ3) is 4.59. The third-order valence-corrected chi connectivity index (χ3v) is 4.20. The minimum atomic E-state index is -3.74. The van der Waals surface area contributed by atoms with E-state index in [4.69, 9.17) is 0 Å². The number of aliphatic hydroxyl groups is 1. The summed E-state index contributed by atoms with van der Waals surface area (Å²) in [4.78, 5) is 11.4. The first-order valence-electron chi connectivity index (χ1n) is 6.15. The van der Waals surface area contributed by atoms with Crippen molar-refractivity contribution in [2.45, 2.75) is 37.3 Å². The zero-order chi connectivity index (χ0) is 15.3. The Morgan fingerprint density at radius 1 is 1.40 bits per heavy atom. The molecule has 0 aliphatic carbocycles. The molecule has 0 saturated carbocycles. The van der Waals surface area contributed by atoms with E-state index in [0.717, 1.165) is 0 Å². The predicted molar refractivity (Wildman–Crippen MR) is 73.9 cm³/mol. The van der Waals surface area contributed by atoms with Gasteiger partial charge in [0, 0.05) is 6.04 Å². The highest BCUT2D eigenvalue weighted by molar-refractivity contribution is 7.89. The summed E-state index contributed by atoms with van der Waals surface area (Å²) in [6.07, 6.45) is -0.301. The molecule has 7 heteroatoms. The molecule has 2 N–H and O–H groups in total. The molecule has 0 amide bonds. The fourth-order valence-electron chi connectivity index (χ4n) is 1.80.